The molecule has 170 valence electrons. The molecule has 2 amide bonds. The summed E-state index contributed by atoms with van der Waals surface area (Å²) in [5.41, 5.74) is 9.77. The molecule has 0 spiro atoms. The van der Waals surface area contributed by atoms with Crippen molar-refractivity contribution < 1.29 is 9.59 Å². The predicted molar refractivity (Wildman–Crippen MR) is 128 cm³/mol. The van der Waals surface area contributed by atoms with E-state index >= 15 is 0 Å². The maximum atomic E-state index is 13.2. The van der Waals surface area contributed by atoms with Gasteiger partial charge in [-0.1, -0.05) is 41.9 Å². The van der Waals surface area contributed by atoms with Gasteiger partial charge in [0.15, 0.2) is 0 Å². The number of fused-ring (bicyclic) bond motifs is 1. The minimum absolute atomic E-state index is 0.0290. The monoisotopic (exact) mass is 454 g/mol. The largest absolute Gasteiger partial charge is 0.398 e. The topological polar surface area (TPSA) is 87.5 Å². The first kappa shape index (κ1) is 22.6. The summed E-state index contributed by atoms with van der Waals surface area (Å²) in [6.07, 6.45) is 2.54. The first-order valence-corrected chi connectivity index (χ1v) is 11.6. The van der Waals surface area contributed by atoms with Crippen molar-refractivity contribution in [2.24, 2.45) is 0 Å². The van der Waals surface area contributed by atoms with E-state index in [9.17, 15) is 9.59 Å². The molecule has 0 radical (unpaired) electrons. The summed E-state index contributed by atoms with van der Waals surface area (Å²) in [4.78, 5) is 28.7. The number of amides is 2. The van der Waals surface area contributed by atoms with Crippen molar-refractivity contribution in [3.63, 3.8) is 0 Å². The molecule has 4 rings (SSSR count). The smallest absolute Gasteiger partial charge is 0.255 e. The van der Waals surface area contributed by atoms with Crippen LogP contribution < -0.4 is 16.4 Å². The molecule has 32 heavy (non-hydrogen) atoms. The number of nitrogens with two attached hydrogens (primary N) is 1. The fraction of sp³-hybridized carbons (Fsp3) is 0.440. The van der Waals surface area contributed by atoms with E-state index in [1.807, 2.05) is 31.2 Å². The van der Waals surface area contributed by atoms with Crippen molar-refractivity contribution in [1.82, 2.24) is 15.5 Å². The number of likely N-dealkylation sites (tertiary alicyclic amines) is 1. The number of benzene rings is 2. The van der Waals surface area contributed by atoms with Gasteiger partial charge in [0.25, 0.3) is 5.91 Å². The number of nitrogen functional groups attached to an aromatic ring is 1. The van der Waals surface area contributed by atoms with Crippen LogP contribution in [-0.4, -0.2) is 41.4 Å². The minimum atomic E-state index is -0.354. The van der Waals surface area contributed by atoms with Gasteiger partial charge in [-0.05, 0) is 69.3 Å². The molecule has 0 aromatic heterocycles. The van der Waals surface area contributed by atoms with Gasteiger partial charge < -0.3 is 16.4 Å². The lowest BCUT2D eigenvalue weighted by atomic mass is 10.0. The van der Waals surface area contributed by atoms with Crippen LogP contribution in [0.5, 0.6) is 0 Å². The third kappa shape index (κ3) is 4.21. The number of aryl methyl sites for hydroxylation is 1. The number of hydrogen-bond donors (Lipinski definition) is 3. The van der Waals surface area contributed by atoms with Gasteiger partial charge in [-0.2, -0.15) is 0 Å². The fourth-order valence-electron chi connectivity index (χ4n) is 5.02. The zero-order valence-electron chi connectivity index (χ0n) is 18.8. The fourth-order valence-corrected chi connectivity index (χ4v) is 5.27. The van der Waals surface area contributed by atoms with Crippen LogP contribution in [0.15, 0.2) is 36.4 Å². The summed E-state index contributed by atoms with van der Waals surface area (Å²) >= 11 is 6.32. The molecular weight excluding hydrogens is 424 g/mol. The van der Waals surface area contributed by atoms with Gasteiger partial charge in [0.05, 0.1) is 28.7 Å². The van der Waals surface area contributed by atoms with Crippen molar-refractivity contribution in [3.05, 3.63) is 63.7 Å². The summed E-state index contributed by atoms with van der Waals surface area (Å²) in [5, 5.41) is 6.66. The molecule has 4 N–H and O–H groups in total. The van der Waals surface area contributed by atoms with E-state index in [0.717, 1.165) is 36.1 Å². The molecule has 1 fully saturated rings. The zero-order chi connectivity index (χ0) is 23.0. The average Bonchev–Trinajstić information content (AvgIpc) is 3.37. The van der Waals surface area contributed by atoms with Crippen molar-refractivity contribution in [2.45, 2.75) is 64.2 Å². The summed E-state index contributed by atoms with van der Waals surface area (Å²) < 4.78 is 0. The van der Waals surface area contributed by atoms with Crippen LogP contribution in [0.3, 0.4) is 0 Å². The maximum absolute atomic E-state index is 13.2. The molecule has 1 unspecified atom stereocenters. The van der Waals surface area contributed by atoms with Crippen LogP contribution in [0, 0.1) is 6.92 Å². The molecule has 2 aromatic rings. The van der Waals surface area contributed by atoms with Crippen LogP contribution in [0.2, 0.25) is 5.02 Å². The number of nitrogens with one attached hydrogen (secondary N) is 2. The molecule has 6 nitrogen and oxygen atoms in total. The Morgan fingerprint density at radius 2 is 1.91 bits per heavy atom. The molecule has 2 aromatic carbocycles. The van der Waals surface area contributed by atoms with E-state index in [0.29, 0.717) is 23.2 Å². The Morgan fingerprint density at radius 3 is 2.66 bits per heavy atom. The molecule has 1 aliphatic heterocycles. The molecule has 0 bridgehead atoms. The number of carbonyl (C=O) groups excluding carboxylic acids is 2. The lowest BCUT2D eigenvalue weighted by Gasteiger charge is -2.30. The van der Waals surface area contributed by atoms with Gasteiger partial charge in [0.1, 0.15) is 0 Å². The van der Waals surface area contributed by atoms with Crippen molar-refractivity contribution in [3.8, 4) is 0 Å². The Balaban J connectivity index is 1.58. The molecular formula is C25H31ClN4O2. The van der Waals surface area contributed by atoms with Crippen molar-refractivity contribution in [1.29, 1.82) is 0 Å². The predicted octanol–water partition coefficient (Wildman–Crippen LogP) is 3.62. The van der Waals surface area contributed by atoms with Gasteiger partial charge >= 0.3 is 0 Å². The first-order chi connectivity index (χ1) is 15.3. The Bertz CT molecular complexity index is 1040. The van der Waals surface area contributed by atoms with Crippen molar-refractivity contribution >= 4 is 29.1 Å². The van der Waals surface area contributed by atoms with Gasteiger partial charge in [-0.25, -0.2) is 0 Å². The Kier molecular flexibility index (Phi) is 6.45. The van der Waals surface area contributed by atoms with Crippen LogP contribution in [0.25, 0.3) is 0 Å². The highest BCUT2D eigenvalue weighted by Crippen LogP contribution is 2.33. The Labute approximate surface area is 194 Å². The SMILES string of the molecule is Cc1ccc(Cl)c(C(=O)N[C@@H]2c3ccccc3C[C@H]2NC(=O)C2CCCN2C(C)C)c1N. The normalized spacial score (nSPS) is 22.7. The first-order valence-electron chi connectivity index (χ1n) is 11.3. The van der Waals surface area contributed by atoms with E-state index in [-0.39, 0.29) is 35.5 Å². The highest BCUT2D eigenvalue weighted by Gasteiger charge is 2.38. The number of anilines is 1. The second kappa shape index (κ2) is 9.12. The summed E-state index contributed by atoms with van der Waals surface area (Å²) in [7, 11) is 0. The van der Waals surface area contributed by atoms with Gasteiger partial charge in [0, 0.05) is 11.7 Å². The highest BCUT2D eigenvalue weighted by molar-refractivity contribution is 6.34. The number of nitrogens with zero attached hydrogens (tertiary/aromatic N) is 1. The van der Waals surface area contributed by atoms with Crippen LogP contribution in [-0.2, 0) is 11.2 Å². The van der Waals surface area contributed by atoms with E-state index < -0.39 is 0 Å². The number of hydrogen-bond acceptors (Lipinski definition) is 4. The van der Waals surface area contributed by atoms with E-state index in [2.05, 4.69) is 29.4 Å². The summed E-state index contributed by atoms with van der Waals surface area (Å²) in [5.74, 6) is -0.303. The highest BCUT2D eigenvalue weighted by atomic mass is 35.5. The van der Waals surface area contributed by atoms with Gasteiger partial charge in [-0.3, -0.25) is 14.5 Å². The number of halogens is 1. The van der Waals surface area contributed by atoms with Crippen LogP contribution in [0.4, 0.5) is 5.69 Å². The molecule has 0 saturated carbocycles. The van der Waals surface area contributed by atoms with E-state index in [1.165, 1.54) is 0 Å². The molecule has 3 atom stereocenters. The number of rotatable bonds is 5. The molecule has 7 heteroatoms. The summed E-state index contributed by atoms with van der Waals surface area (Å²) in [6, 6.07) is 11.1. The van der Waals surface area contributed by atoms with Gasteiger partial charge in [-0.15, -0.1) is 0 Å². The maximum Gasteiger partial charge on any atom is 0.255 e. The molecule has 1 aliphatic carbocycles. The standard InChI is InChI=1S/C25H31ClN4O2/c1-14(2)30-12-6-9-20(30)24(31)28-19-13-16-7-4-5-8-17(16)23(19)29-25(32)21-18(26)11-10-15(3)22(21)27/h4-5,7-8,10-11,14,19-20,23H,6,9,12-13,27H2,1-3H3,(H,28,31)(H,29,32)/t19-,20?,23-/m1/s1. The van der Waals surface area contributed by atoms with Crippen molar-refractivity contribution in [2.75, 3.05) is 12.3 Å². The quantitative estimate of drug-likeness (QED) is 0.602. The Hall–Kier alpha value is -2.57. The zero-order valence-corrected chi connectivity index (χ0v) is 19.6. The van der Waals surface area contributed by atoms with E-state index in [4.69, 9.17) is 17.3 Å². The third-order valence-corrected chi connectivity index (χ3v) is 7.06. The Morgan fingerprint density at radius 1 is 1.16 bits per heavy atom. The second-order valence-electron chi connectivity index (χ2n) is 9.11. The lowest BCUT2D eigenvalue weighted by Crippen LogP contribution is -2.51. The summed E-state index contributed by atoms with van der Waals surface area (Å²) in [6.45, 7) is 7.02. The molecule has 2 aliphatic rings. The molecule has 1 saturated heterocycles. The number of carbonyl (C=O) groups is 2. The average molecular weight is 455 g/mol. The lowest BCUT2D eigenvalue weighted by molar-refractivity contribution is -0.126. The van der Waals surface area contributed by atoms with Crippen LogP contribution in [0.1, 0.15) is 59.8 Å². The van der Waals surface area contributed by atoms with E-state index in [1.54, 1.807) is 12.1 Å². The van der Waals surface area contributed by atoms with Crippen LogP contribution >= 0.6 is 11.6 Å². The second-order valence-corrected chi connectivity index (χ2v) is 9.52. The van der Waals surface area contributed by atoms with Gasteiger partial charge in [0.2, 0.25) is 5.91 Å². The molecule has 1 heterocycles. The minimum Gasteiger partial charge on any atom is -0.398 e. The third-order valence-electron chi connectivity index (χ3n) is 6.75.